The molecule has 21 heavy (non-hydrogen) atoms. The molecule has 4 nitrogen and oxygen atoms in total. The van der Waals surface area contributed by atoms with Crippen molar-refractivity contribution in [3.05, 3.63) is 53.2 Å². The first kappa shape index (κ1) is 14.2. The quantitative estimate of drug-likeness (QED) is 0.784. The van der Waals surface area contributed by atoms with Gasteiger partial charge in [-0.2, -0.15) is 0 Å². The highest BCUT2D eigenvalue weighted by Crippen LogP contribution is 2.25. The van der Waals surface area contributed by atoms with E-state index >= 15 is 0 Å². The maximum atomic E-state index is 9.52. The number of hydrogen-bond donors (Lipinski definition) is 1. The van der Waals surface area contributed by atoms with Crippen LogP contribution in [0.4, 0.5) is 0 Å². The van der Waals surface area contributed by atoms with Crippen molar-refractivity contribution in [1.82, 2.24) is 14.1 Å². The Kier molecular flexibility index (Phi) is 3.99. The largest absolute Gasteiger partial charge is 0.392 e. The van der Waals surface area contributed by atoms with E-state index in [1.807, 2.05) is 36.9 Å². The van der Waals surface area contributed by atoms with Crippen LogP contribution < -0.4 is 0 Å². The van der Waals surface area contributed by atoms with Crippen LogP contribution >= 0.6 is 11.6 Å². The summed E-state index contributed by atoms with van der Waals surface area (Å²) in [4.78, 5) is 4.24. The second kappa shape index (κ2) is 5.92. The lowest BCUT2D eigenvalue weighted by Gasteiger charge is -2.09. The maximum Gasteiger partial charge on any atom is 0.0948 e. The molecule has 2 heterocycles. The Morgan fingerprint density at radius 1 is 1.29 bits per heavy atom. The topological polar surface area (TPSA) is 43.0 Å². The summed E-state index contributed by atoms with van der Waals surface area (Å²) >= 11 is 6.11. The SMILES string of the molecule is CCCn1cncc1Cn1cc(CO)c2ccc(Cl)cc21. The Morgan fingerprint density at radius 3 is 2.90 bits per heavy atom. The van der Waals surface area contributed by atoms with E-state index in [-0.39, 0.29) is 6.61 Å². The van der Waals surface area contributed by atoms with E-state index in [0.29, 0.717) is 5.02 Å². The number of nitrogens with zero attached hydrogens (tertiary/aromatic N) is 3. The number of aliphatic hydroxyl groups excluding tert-OH is 1. The molecule has 0 fully saturated rings. The van der Waals surface area contributed by atoms with Gasteiger partial charge in [0.05, 0.1) is 30.7 Å². The third-order valence-corrected chi connectivity index (χ3v) is 3.93. The molecule has 1 N–H and O–H groups in total. The smallest absolute Gasteiger partial charge is 0.0948 e. The summed E-state index contributed by atoms with van der Waals surface area (Å²) in [5, 5.41) is 11.3. The molecule has 0 saturated heterocycles. The van der Waals surface area contributed by atoms with Crippen molar-refractivity contribution >= 4 is 22.5 Å². The highest BCUT2D eigenvalue weighted by molar-refractivity contribution is 6.31. The Morgan fingerprint density at radius 2 is 2.14 bits per heavy atom. The van der Waals surface area contributed by atoms with Gasteiger partial charge < -0.3 is 14.2 Å². The first-order chi connectivity index (χ1) is 10.2. The number of hydrogen-bond acceptors (Lipinski definition) is 2. The normalized spacial score (nSPS) is 11.4. The molecule has 5 heteroatoms. The van der Waals surface area contributed by atoms with Gasteiger partial charge in [-0.1, -0.05) is 24.6 Å². The monoisotopic (exact) mass is 303 g/mol. The summed E-state index contributed by atoms with van der Waals surface area (Å²) in [6.07, 6.45) is 6.82. The predicted molar refractivity (Wildman–Crippen MR) is 84.5 cm³/mol. The minimum Gasteiger partial charge on any atom is -0.392 e. The molecule has 0 amide bonds. The van der Waals surface area contributed by atoms with E-state index in [9.17, 15) is 5.11 Å². The van der Waals surface area contributed by atoms with Gasteiger partial charge in [0, 0.05) is 34.9 Å². The van der Waals surface area contributed by atoms with Crippen LogP contribution in [0.15, 0.2) is 36.9 Å². The summed E-state index contributed by atoms with van der Waals surface area (Å²) in [6.45, 7) is 3.86. The summed E-state index contributed by atoms with van der Waals surface area (Å²) in [7, 11) is 0. The van der Waals surface area contributed by atoms with Crippen molar-refractivity contribution < 1.29 is 5.11 Å². The van der Waals surface area contributed by atoms with Crippen LogP contribution in [0.5, 0.6) is 0 Å². The lowest BCUT2D eigenvalue weighted by molar-refractivity contribution is 0.283. The molecule has 0 bridgehead atoms. The highest BCUT2D eigenvalue weighted by atomic mass is 35.5. The molecule has 3 rings (SSSR count). The van der Waals surface area contributed by atoms with Gasteiger partial charge in [0.1, 0.15) is 0 Å². The molecular weight excluding hydrogens is 286 g/mol. The third kappa shape index (κ3) is 2.69. The second-order valence-corrected chi connectivity index (χ2v) is 5.62. The fourth-order valence-electron chi connectivity index (χ4n) is 2.69. The van der Waals surface area contributed by atoms with Crippen LogP contribution in [-0.2, 0) is 19.7 Å². The molecule has 0 aliphatic carbocycles. The number of aromatic nitrogens is 3. The van der Waals surface area contributed by atoms with Crippen LogP contribution in [0.3, 0.4) is 0 Å². The van der Waals surface area contributed by atoms with Gasteiger partial charge in [0.15, 0.2) is 0 Å². The lowest BCUT2D eigenvalue weighted by atomic mass is 10.2. The van der Waals surface area contributed by atoms with E-state index < -0.39 is 0 Å². The molecule has 0 saturated carbocycles. The van der Waals surface area contributed by atoms with Crippen molar-refractivity contribution in [2.75, 3.05) is 0 Å². The average Bonchev–Trinajstić information content (AvgIpc) is 3.05. The van der Waals surface area contributed by atoms with Crippen LogP contribution in [0.2, 0.25) is 5.02 Å². The van der Waals surface area contributed by atoms with Crippen molar-refractivity contribution in [1.29, 1.82) is 0 Å². The van der Waals surface area contributed by atoms with Crippen LogP contribution in [0.1, 0.15) is 24.6 Å². The first-order valence-electron chi connectivity index (χ1n) is 7.10. The number of aliphatic hydroxyl groups is 1. The Bertz CT molecular complexity index is 760. The molecule has 0 radical (unpaired) electrons. The van der Waals surface area contributed by atoms with Crippen LogP contribution in [0, 0.1) is 0 Å². The zero-order chi connectivity index (χ0) is 14.8. The lowest BCUT2D eigenvalue weighted by Crippen LogP contribution is -2.06. The van der Waals surface area contributed by atoms with Crippen molar-refractivity contribution in [3.63, 3.8) is 0 Å². The van der Waals surface area contributed by atoms with Gasteiger partial charge in [-0.15, -0.1) is 0 Å². The van der Waals surface area contributed by atoms with E-state index in [1.54, 1.807) is 0 Å². The zero-order valence-corrected chi connectivity index (χ0v) is 12.7. The van der Waals surface area contributed by atoms with Crippen LogP contribution in [-0.4, -0.2) is 19.2 Å². The number of imidazole rings is 1. The first-order valence-corrected chi connectivity index (χ1v) is 7.48. The van der Waals surface area contributed by atoms with E-state index in [4.69, 9.17) is 11.6 Å². The Labute approximate surface area is 128 Å². The van der Waals surface area contributed by atoms with Gasteiger partial charge in [-0.05, 0) is 18.6 Å². The summed E-state index contributed by atoms with van der Waals surface area (Å²) in [6, 6.07) is 5.76. The van der Waals surface area contributed by atoms with Gasteiger partial charge in [-0.25, -0.2) is 4.98 Å². The molecule has 110 valence electrons. The average molecular weight is 304 g/mol. The van der Waals surface area contributed by atoms with E-state index in [1.165, 1.54) is 0 Å². The molecule has 0 spiro atoms. The van der Waals surface area contributed by atoms with Crippen molar-refractivity contribution in [3.8, 4) is 0 Å². The number of aryl methyl sites for hydroxylation is 1. The third-order valence-electron chi connectivity index (χ3n) is 3.69. The Balaban J connectivity index is 2.03. The minimum absolute atomic E-state index is 0.0271. The van der Waals surface area contributed by atoms with Gasteiger partial charge in [0.25, 0.3) is 0 Å². The Hall–Kier alpha value is -1.78. The minimum atomic E-state index is 0.0271. The highest BCUT2D eigenvalue weighted by Gasteiger charge is 2.10. The standard InChI is InChI=1S/C16H18ClN3O/c1-2-5-19-11-18-7-14(19)9-20-8-12(10-21)15-4-3-13(17)6-16(15)20/h3-4,6-8,11,21H,2,5,9-10H2,1H3. The van der Waals surface area contributed by atoms with Crippen molar-refractivity contribution in [2.24, 2.45) is 0 Å². The number of benzene rings is 1. The van der Waals surface area contributed by atoms with Crippen LogP contribution in [0.25, 0.3) is 10.9 Å². The summed E-state index contributed by atoms with van der Waals surface area (Å²) < 4.78 is 4.28. The number of fused-ring (bicyclic) bond motifs is 1. The predicted octanol–water partition coefficient (Wildman–Crippen LogP) is 3.44. The van der Waals surface area contributed by atoms with Gasteiger partial charge >= 0.3 is 0 Å². The van der Waals surface area contributed by atoms with Gasteiger partial charge in [-0.3, -0.25) is 0 Å². The molecular formula is C16H18ClN3O. The molecule has 0 aliphatic heterocycles. The summed E-state index contributed by atoms with van der Waals surface area (Å²) in [5.41, 5.74) is 3.11. The summed E-state index contributed by atoms with van der Waals surface area (Å²) in [5.74, 6) is 0. The van der Waals surface area contributed by atoms with Gasteiger partial charge in [0.2, 0.25) is 0 Å². The number of rotatable bonds is 5. The molecule has 2 aromatic heterocycles. The fraction of sp³-hybridized carbons (Fsp3) is 0.312. The van der Waals surface area contributed by atoms with E-state index in [0.717, 1.165) is 41.7 Å². The number of halogens is 1. The molecule has 1 aromatic carbocycles. The second-order valence-electron chi connectivity index (χ2n) is 5.18. The molecule has 0 unspecified atom stereocenters. The van der Waals surface area contributed by atoms with Crippen molar-refractivity contribution in [2.45, 2.75) is 33.0 Å². The zero-order valence-electron chi connectivity index (χ0n) is 12.0. The van der Waals surface area contributed by atoms with E-state index in [2.05, 4.69) is 21.0 Å². The molecule has 3 aromatic rings. The fourth-order valence-corrected chi connectivity index (χ4v) is 2.86. The molecule has 0 atom stereocenters. The maximum absolute atomic E-state index is 9.52. The molecule has 0 aliphatic rings.